The minimum Gasteiger partial charge on any atom is -0.360 e. The van der Waals surface area contributed by atoms with Crippen LogP contribution in [-0.4, -0.2) is 49.3 Å². The monoisotopic (exact) mass is 540 g/mol. The number of fused-ring (bicyclic) bond motifs is 2. The molecular weight excluding hydrogens is 515 g/mol. The van der Waals surface area contributed by atoms with E-state index in [1.54, 1.807) is 30.6 Å². The fourth-order valence-corrected chi connectivity index (χ4v) is 7.13. The van der Waals surface area contributed by atoms with Gasteiger partial charge in [0.15, 0.2) is 0 Å². The SMILES string of the molecule is C=CC(=O)N1CC[C@]2(C1)C[C@H](n1c(NC(=O)c3ccc(-c4cncc5[nH]ccc45)s3)nc3cccc(F)c31)C2. The Morgan fingerprint density at radius 3 is 2.92 bits per heavy atom. The molecule has 0 unspecified atom stereocenters. The largest absolute Gasteiger partial charge is 0.360 e. The zero-order valence-corrected chi connectivity index (χ0v) is 21.8. The van der Waals surface area contributed by atoms with Crippen LogP contribution in [0.25, 0.3) is 32.4 Å². The van der Waals surface area contributed by atoms with E-state index in [0.29, 0.717) is 34.9 Å². The summed E-state index contributed by atoms with van der Waals surface area (Å²) in [5.74, 6) is -0.389. The topological polar surface area (TPSA) is 95.9 Å². The van der Waals surface area contributed by atoms with Crippen LogP contribution in [0.1, 0.15) is 35.0 Å². The highest BCUT2D eigenvalue weighted by atomic mass is 32.1. The maximum atomic E-state index is 15.1. The molecule has 0 atom stereocenters. The number of nitrogens with one attached hydrogen (secondary N) is 2. The lowest BCUT2D eigenvalue weighted by Crippen LogP contribution is -2.42. The van der Waals surface area contributed by atoms with Crippen molar-refractivity contribution in [3.63, 3.8) is 0 Å². The Morgan fingerprint density at radius 2 is 2.08 bits per heavy atom. The van der Waals surface area contributed by atoms with Crippen molar-refractivity contribution in [1.29, 1.82) is 0 Å². The summed E-state index contributed by atoms with van der Waals surface area (Å²) in [4.78, 5) is 40.9. The number of thiophene rings is 1. The van der Waals surface area contributed by atoms with Crippen LogP contribution in [0.5, 0.6) is 0 Å². The van der Waals surface area contributed by atoms with Gasteiger partial charge in [0.1, 0.15) is 11.3 Å². The van der Waals surface area contributed by atoms with Gasteiger partial charge >= 0.3 is 0 Å². The molecule has 4 aromatic heterocycles. The highest BCUT2D eigenvalue weighted by Crippen LogP contribution is 2.55. The number of hydrogen-bond acceptors (Lipinski definition) is 5. The van der Waals surface area contributed by atoms with E-state index in [1.165, 1.54) is 23.5 Å². The lowest BCUT2D eigenvalue weighted by molar-refractivity contribution is -0.125. The first kappa shape index (κ1) is 23.8. The molecule has 7 rings (SSSR count). The second kappa shape index (κ2) is 8.88. The number of rotatable bonds is 5. The van der Waals surface area contributed by atoms with E-state index in [4.69, 9.17) is 0 Å². The van der Waals surface area contributed by atoms with Gasteiger partial charge in [-0.2, -0.15) is 0 Å². The van der Waals surface area contributed by atoms with E-state index in [-0.39, 0.29) is 29.1 Å². The summed E-state index contributed by atoms with van der Waals surface area (Å²) in [6.07, 6.45) is 9.26. The Labute approximate surface area is 227 Å². The number of H-pyrrole nitrogens is 1. The van der Waals surface area contributed by atoms with Crippen molar-refractivity contribution in [2.45, 2.75) is 25.3 Å². The Hall–Kier alpha value is -4.31. The molecule has 2 aliphatic rings. The van der Waals surface area contributed by atoms with Crippen LogP contribution in [-0.2, 0) is 4.79 Å². The second-order valence-electron chi connectivity index (χ2n) is 10.4. The van der Waals surface area contributed by atoms with E-state index in [9.17, 15) is 9.59 Å². The Morgan fingerprint density at radius 1 is 1.21 bits per heavy atom. The molecule has 5 aromatic rings. The summed E-state index contributed by atoms with van der Waals surface area (Å²) in [5, 5.41) is 4.00. The Bertz CT molecular complexity index is 1780. The van der Waals surface area contributed by atoms with Crippen molar-refractivity contribution in [1.82, 2.24) is 24.4 Å². The first-order chi connectivity index (χ1) is 18.9. The number of para-hydroxylation sites is 1. The number of aromatic nitrogens is 4. The van der Waals surface area contributed by atoms with Crippen LogP contribution in [0, 0.1) is 11.2 Å². The van der Waals surface area contributed by atoms with E-state index < -0.39 is 0 Å². The van der Waals surface area contributed by atoms with Crippen LogP contribution in [0.3, 0.4) is 0 Å². The average Bonchev–Trinajstić information content (AvgIpc) is 3.71. The number of carbonyl (C=O) groups excluding carboxylic acids is 2. The fraction of sp³-hybridized carbons (Fsp3) is 0.241. The molecule has 10 heteroatoms. The molecule has 0 radical (unpaired) electrons. The van der Waals surface area contributed by atoms with Gasteiger partial charge in [-0.3, -0.25) is 19.9 Å². The van der Waals surface area contributed by atoms with Gasteiger partial charge in [0.05, 0.1) is 22.1 Å². The Kier molecular flexibility index (Phi) is 5.41. The number of pyridine rings is 1. The molecule has 1 aromatic carbocycles. The van der Waals surface area contributed by atoms with Crippen molar-refractivity contribution < 1.29 is 14.0 Å². The molecule has 2 N–H and O–H groups in total. The maximum Gasteiger partial charge on any atom is 0.268 e. The number of hydrogen-bond donors (Lipinski definition) is 2. The van der Waals surface area contributed by atoms with Crippen LogP contribution < -0.4 is 5.32 Å². The normalized spacial score (nSPS) is 20.5. The van der Waals surface area contributed by atoms with Crippen molar-refractivity contribution in [3.05, 3.63) is 78.3 Å². The Balaban J connectivity index is 1.17. The van der Waals surface area contributed by atoms with Crippen molar-refractivity contribution >= 4 is 51.0 Å². The lowest BCUT2D eigenvalue weighted by Gasteiger charge is -2.46. The molecule has 2 fully saturated rings. The minimum absolute atomic E-state index is 0.00238. The summed E-state index contributed by atoms with van der Waals surface area (Å²) < 4.78 is 16.9. The first-order valence-corrected chi connectivity index (χ1v) is 13.7. The predicted molar refractivity (Wildman–Crippen MR) is 149 cm³/mol. The van der Waals surface area contributed by atoms with Gasteiger partial charge in [0, 0.05) is 47.4 Å². The van der Waals surface area contributed by atoms with E-state index in [0.717, 1.165) is 40.6 Å². The summed E-state index contributed by atoms with van der Waals surface area (Å²) >= 11 is 1.37. The first-order valence-electron chi connectivity index (χ1n) is 12.9. The number of aromatic amines is 1. The van der Waals surface area contributed by atoms with Crippen LogP contribution >= 0.6 is 11.3 Å². The van der Waals surface area contributed by atoms with E-state index in [2.05, 4.69) is 26.8 Å². The third-order valence-corrected chi connectivity index (χ3v) is 9.20. The molecule has 39 heavy (non-hydrogen) atoms. The number of amides is 2. The molecule has 1 spiro atoms. The molecular formula is C29H25FN6O2S. The molecule has 2 amide bonds. The van der Waals surface area contributed by atoms with Gasteiger partial charge in [0.25, 0.3) is 5.91 Å². The van der Waals surface area contributed by atoms with E-state index >= 15 is 4.39 Å². The van der Waals surface area contributed by atoms with E-state index in [1.807, 2.05) is 27.8 Å². The highest BCUT2D eigenvalue weighted by Gasteiger charge is 2.50. The second-order valence-corrected chi connectivity index (χ2v) is 11.5. The smallest absolute Gasteiger partial charge is 0.268 e. The standard InChI is InChI=1S/C29H25FN6O2S/c1-2-25(37)35-11-9-29(16-35)12-17(13-29)36-26-20(30)4-3-5-21(26)33-28(36)34-27(38)24-7-6-23(39-24)19-14-31-15-22-18(19)8-10-32-22/h2-8,10,14-15,17,32H,1,9,11-13,16H2,(H,33,34,38)/t17-,29-. The quantitative estimate of drug-likeness (QED) is 0.277. The molecule has 1 saturated carbocycles. The number of benzene rings is 1. The minimum atomic E-state index is -0.373. The number of likely N-dealkylation sites (tertiary alicyclic amines) is 1. The fourth-order valence-electron chi connectivity index (χ4n) is 6.20. The third-order valence-electron chi connectivity index (χ3n) is 8.08. The molecule has 1 saturated heterocycles. The number of nitrogens with zero attached hydrogens (tertiary/aromatic N) is 4. The molecule has 8 nitrogen and oxygen atoms in total. The molecule has 196 valence electrons. The van der Waals surface area contributed by atoms with Gasteiger partial charge in [-0.15, -0.1) is 11.3 Å². The van der Waals surface area contributed by atoms with Crippen LogP contribution in [0.15, 0.2) is 67.6 Å². The van der Waals surface area contributed by atoms with Crippen LogP contribution in [0.4, 0.5) is 10.3 Å². The number of imidazole rings is 1. The summed E-state index contributed by atoms with van der Waals surface area (Å²) in [7, 11) is 0. The molecule has 5 heterocycles. The predicted octanol–water partition coefficient (Wildman–Crippen LogP) is 5.77. The summed E-state index contributed by atoms with van der Waals surface area (Å²) in [6, 6.07) is 10.5. The van der Waals surface area contributed by atoms with Crippen molar-refractivity contribution in [2.24, 2.45) is 5.41 Å². The highest BCUT2D eigenvalue weighted by molar-refractivity contribution is 7.17. The van der Waals surface area contributed by atoms with Gasteiger partial charge in [0.2, 0.25) is 11.9 Å². The molecule has 1 aliphatic carbocycles. The number of carbonyl (C=O) groups is 2. The van der Waals surface area contributed by atoms with Crippen molar-refractivity contribution in [2.75, 3.05) is 18.4 Å². The summed E-state index contributed by atoms with van der Waals surface area (Å²) in [6.45, 7) is 4.97. The van der Waals surface area contributed by atoms with Gasteiger partial charge in [-0.25, -0.2) is 9.37 Å². The average molecular weight is 541 g/mol. The lowest BCUT2D eigenvalue weighted by atomic mass is 9.64. The summed E-state index contributed by atoms with van der Waals surface area (Å²) in [5.41, 5.74) is 2.77. The van der Waals surface area contributed by atoms with Crippen LogP contribution in [0.2, 0.25) is 0 Å². The third kappa shape index (κ3) is 3.85. The zero-order chi connectivity index (χ0) is 26.7. The number of halogens is 1. The molecule has 0 bridgehead atoms. The number of anilines is 1. The molecule has 1 aliphatic heterocycles. The van der Waals surface area contributed by atoms with Gasteiger partial charge in [-0.05, 0) is 61.1 Å². The van der Waals surface area contributed by atoms with Crippen molar-refractivity contribution in [3.8, 4) is 10.4 Å². The van der Waals surface area contributed by atoms with Gasteiger partial charge < -0.3 is 14.5 Å². The van der Waals surface area contributed by atoms with Gasteiger partial charge in [-0.1, -0.05) is 12.6 Å². The maximum absolute atomic E-state index is 15.1. The zero-order valence-electron chi connectivity index (χ0n) is 21.0.